The van der Waals surface area contributed by atoms with Gasteiger partial charge >= 0.3 is 18.2 Å². The molecule has 1 aromatic rings. The van der Waals surface area contributed by atoms with E-state index < -0.39 is 55.0 Å². The lowest BCUT2D eigenvalue weighted by Crippen LogP contribution is -2.40. The second-order valence-electron chi connectivity index (χ2n) is 5.83. The van der Waals surface area contributed by atoms with Crippen molar-refractivity contribution in [3.05, 3.63) is 34.6 Å². The van der Waals surface area contributed by atoms with Crippen molar-refractivity contribution in [3.8, 4) is 0 Å². The van der Waals surface area contributed by atoms with Gasteiger partial charge < -0.3 is 15.3 Å². The normalized spacial score (nSPS) is 21.9. The standard InChI is InChI=1S/C15H15ClF4N2O3/c1-7(9-3-2-8(17)4-12(9)16)21-14(25)22-5-10(13(23)24)11(6-22)15(18,19)20/h2-4,7,10-11H,5-6H2,1H3,(H,21,25)(H,23,24)/t7?,10-,11-/m1/s1. The predicted molar refractivity (Wildman–Crippen MR) is 80.6 cm³/mol. The van der Waals surface area contributed by atoms with Crippen LogP contribution in [0.4, 0.5) is 22.4 Å². The maximum Gasteiger partial charge on any atom is 0.394 e. The first-order chi connectivity index (χ1) is 11.5. The summed E-state index contributed by atoms with van der Waals surface area (Å²) in [6.07, 6.45) is -4.72. The van der Waals surface area contributed by atoms with E-state index in [-0.39, 0.29) is 5.02 Å². The van der Waals surface area contributed by atoms with Crippen LogP contribution in [0.3, 0.4) is 0 Å². The van der Waals surface area contributed by atoms with Gasteiger partial charge in [0.1, 0.15) is 5.82 Å². The van der Waals surface area contributed by atoms with Gasteiger partial charge in [0.2, 0.25) is 0 Å². The average molecular weight is 383 g/mol. The minimum Gasteiger partial charge on any atom is -0.481 e. The molecule has 2 rings (SSSR count). The van der Waals surface area contributed by atoms with E-state index in [1.807, 2.05) is 0 Å². The maximum atomic E-state index is 13.1. The number of hydrogen-bond donors (Lipinski definition) is 2. The molecule has 5 nitrogen and oxygen atoms in total. The van der Waals surface area contributed by atoms with Gasteiger partial charge in [-0.1, -0.05) is 17.7 Å². The number of benzene rings is 1. The highest BCUT2D eigenvalue weighted by Gasteiger charge is 2.53. The van der Waals surface area contributed by atoms with Crippen molar-refractivity contribution in [3.63, 3.8) is 0 Å². The number of carboxylic acid groups (broad SMARTS) is 1. The molecule has 3 atom stereocenters. The fraction of sp³-hybridized carbons (Fsp3) is 0.467. The molecule has 1 saturated heterocycles. The van der Waals surface area contributed by atoms with Crippen LogP contribution in [0.1, 0.15) is 18.5 Å². The molecule has 2 amide bonds. The number of amides is 2. The summed E-state index contributed by atoms with van der Waals surface area (Å²) in [5, 5.41) is 11.5. The molecule has 0 bridgehead atoms. The first kappa shape index (κ1) is 19.3. The second-order valence-corrected chi connectivity index (χ2v) is 6.24. The second kappa shape index (κ2) is 7.07. The maximum absolute atomic E-state index is 13.1. The molecule has 0 radical (unpaired) electrons. The molecule has 1 fully saturated rings. The molecule has 1 unspecified atom stereocenters. The minimum absolute atomic E-state index is 0.0609. The van der Waals surface area contributed by atoms with Crippen LogP contribution in [-0.4, -0.2) is 41.3 Å². The summed E-state index contributed by atoms with van der Waals surface area (Å²) >= 11 is 5.88. The Balaban J connectivity index is 2.09. The quantitative estimate of drug-likeness (QED) is 0.787. The van der Waals surface area contributed by atoms with Gasteiger partial charge in [-0.15, -0.1) is 0 Å². The lowest BCUT2D eigenvalue weighted by atomic mass is 9.96. The topological polar surface area (TPSA) is 69.6 Å². The van der Waals surface area contributed by atoms with Crippen LogP contribution in [0.25, 0.3) is 0 Å². The van der Waals surface area contributed by atoms with Crippen LogP contribution in [0.5, 0.6) is 0 Å². The van der Waals surface area contributed by atoms with Crippen LogP contribution < -0.4 is 5.32 Å². The minimum atomic E-state index is -4.72. The molecular formula is C15H15ClF4N2O3. The van der Waals surface area contributed by atoms with Gasteiger partial charge in [-0.05, 0) is 24.6 Å². The molecule has 25 heavy (non-hydrogen) atoms. The number of nitrogens with one attached hydrogen (secondary N) is 1. The summed E-state index contributed by atoms with van der Waals surface area (Å²) in [6, 6.07) is 2.00. The van der Waals surface area contributed by atoms with Gasteiger partial charge in [0.05, 0.1) is 17.9 Å². The molecule has 1 aliphatic rings. The number of aliphatic carboxylic acids is 1. The van der Waals surface area contributed by atoms with E-state index >= 15 is 0 Å². The van der Waals surface area contributed by atoms with E-state index in [9.17, 15) is 27.2 Å². The number of alkyl halides is 3. The number of carbonyl (C=O) groups is 2. The Hall–Kier alpha value is -2.03. The van der Waals surface area contributed by atoms with Crippen LogP contribution in [0.2, 0.25) is 5.02 Å². The number of rotatable bonds is 3. The molecule has 10 heteroatoms. The summed E-state index contributed by atoms with van der Waals surface area (Å²) < 4.78 is 51.9. The summed E-state index contributed by atoms with van der Waals surface area (Å²) in [5.74, 6) is -6.01. The fourth-order valence-corrected chi connectivity index (χ4v) is 3.09. The van der Waals surface area contributed by atoms with Crippen molar-refractivity contribution in [2.45, 2.75) is 19.1 Å². The summed E-state index contributed by atoms with van der Waals surface area (Å²) in [4.78, 5) is 24.0. The number of hydrogen-bond acceptors (Lipinski definition) is 2. The van der Waals surface area contributed by atoms with Crippen LogP contribution in [0, 0.1) is 17.7 Å². The smallest absolute Gasteiger partial charge is 0.394 e. The summed E-state index contributed by atoms with van der Waals surface area (Å²) in [6.45, 7) is 0.244. The van der Waals surface area contributed by atoms with Gasteiger partial charge in [-0.2, -0.15) is 13.2 Å². The highest BCUT2D eigenvalue weighted by atomic mass is 35.5. The molecule has 1 heterocycles. The largest absolute Gasteiger partial charge is 0.481 e. The van der Waals surface area contributed by atoms with Gasteiger partial charge in [0.15, 0.2) is 0 Å². The zero-order valence-electron chi connectivity index (χ0n) is 13.0. The molecule has 1 aliphatic heterocycles. The molecule has 2 N–H and O–H groups in total. The lowest BCUT2D eigenvalue weighted by Gasteiger charge is -2.22. The number of carbonyl (C=O) groups excluding carboxylic acids is 1. The van der Waals surface area contributed by atoms with E-state index in [1.54, 1.807) is 0 Å². The average Bonchev–Trinajstić information content (AvgIpc) is 2.92. The monoisotopic (exact) mass is 382 g/mol. The SMILES string of the molecule is CC(NC(=O)N1C[C@@H](C(F)(F)F)[C@H](C(=O)O)C1)c1ccc(F)cc1Cl. The van der Waals surface area contributed by atoms with E-state index in [0.29, 0.717) is 5.56 Å². The van der Waals surface area contributed by atoms with E-state index in [1.165, 1.54) is 13.0 Å². The number of likely N-dealkylation sites (tertiary alicyclic amines) is 1. The third kappa shape index (κ3) is 4.33. The molecular weight excluding hydrogens is 368 g/mol. The van der Waals surface area contributed by atoms with Crippen molar-refractivity contribution in [1.29, 1.82) is 0 Å². The molecule has 0 aliphatic carbocycles. The van der Waals surface area contributed by atoms with Crippen molar-refractivity contribution < 1.29 is 32.3 Å². The van der Waals surface area contributed by atoms with Gasteiger partial charge in [-0.3, -0.25) is 4.79 Å². The van der Waals surface area contributed by atoms with Crippen molar-refractivity contribution in [1.82, 2.24) is 10.2 Å². The number of carboxylic acids is 1. The third-order valence-corrected chi connectivity index (χ3v) is 4.44. The Morgan fingerprint density at radius 3 is 2.48 bits per heavy atom. The van der Waals surface area contributed by atoms with Crippen LogP contribution in [0.15, 0.2) is 18.2 Å². The molecule has 0 aromatic heterocycles. The van der Waals surface area contributed by atoms with Crippen molar-refractivity contribution in [2.75, 3.05) is 13.1 Å². The van der Waals surface area contributed by atoms with E-state index in [2.05, 4.69) is 5.32 Å². The zero-order chi connectivity index (χ0) is 18.9. The first-order valence-electron chi connectivity index (χ1n) is 7.30. The van der Waals surface area contributed by atoms with Crippen molar-refractivity contribution >= 4 is 23.6 Å². The number of halogens is 5. The summed E-state index contributed by atoms with van der Waals surface area (Å²) in [7, 11) is 0. The molecule has 0 spiro atoms. The number of nitrogens with zero attached hydrogens (tertiary/aromatic N) is 1. The Morgan fingerprint density at radius 2 is 2.00 bits per heavy atom. The van der Waals surface area contributed by atoms with Crippen LogP contribution >= 0.6 is 11.6 Å². The Morgan fingerprint density at radius 1 is 1.36 bits per heavy atom. The lowest BCUT2D eigenvalue weighted by molar-refractivity contribution is -0.187. The van der Waals surface area contributed by atoms with Crippen LogP contribution in [-0.2, 0) is 4.79 Å². The van der Waals surface area contributed by atoms with Gasteiger partial charge in [0, 0.05) is 18.1 Å². The molecule has 138 valence electrons. The number of urea groups is 1. The van der Waals surface area contributed by atoms with Gasteiger partial charge in [0.25, 0.3) is 0 Å². The molecule has 1 aromatic carbocycles. The molecule has 0 saturated carbocycles. The highest BCUT2D eigenvalue weighted by molar-refractivity contribution is 6.31. The third-order valence-electron chi connectivity index (χ3n) is 4.11. The summed E-state index contributed by atoms with van der Waals surface area (Å²) in [5.41, 5.74) is 0.387. The zero-order valence-corrected chi connectivity index (χ0v) is 13.7. The Kier molecular flexibility index (Phi) is 5.46. The van der Waals surface area contributed by atoms with Crippen molar-refractivity contribution in [2.24, 2.45) is 11.8 Å². The predicted octanol–water partition coefficient (Wildman–Crippen LogP) is 3.44. The Bertz CT molecular complexity index is 683. The fourth-order valence-electron chi connectivity index (χ4n) is 2.76. The highest BCUT2D eigenvalue weighted by Crippen LogP contribution is 2.37. The van der Waals surface area contributed by atoms with E-state index in [4.69, 9.17) is 16.7 Å². The first-order valence-corrected chi connectivity index (χ1v) is 7.68. The van der Waals surface area contributed by atoms with E-state index in [0.717, 1.165) is 17.0 Å². The van der Waals surface area contributed by atoms with Gasteiger partial charge in [-0.25, -0.2) is 9.18 Å². The Labute approximate surface area is 145 Å².